The average Bonchev–Trinajstić information content (AvgIpc) is 2.40. The molecular weight excluding hydrogens is 224 g/mol. The molecule has 1 heterocycles. The van der Waals surface area contributed by atoms with Crippen LogP contribution in [0.5, 0.6) is 0 Å². The fourth-order valence-corrected chi connectivity index (χ4v) is 1.67. The quantitative estimate of drug-likeness (QED) is 0.862. The van der Waals surface area contributed by atoms with Crippen LogP contribution >= 0.6 is 0 Å². The van der Waals surface area contributed by atoms with Gasteiger partial charge in [0.05, 0.1) is 0 Å². The lowest BCUT2D eigenvalue weighted by molar-refractivity contribution is 0.990. The van der Waals surface area contributed by atoms with Crippen molar-refractivity contribution in [1.29, 1.82) is 0 Å². The highest BCUT2D eigenvalue weighted by Crippen LogP contribution is 2.21. The van der Waals surface area contributed by atoms with Crippen LogP contribution in [0.4, 0.5) is 5.95 Å². The number of rotatable bonds is 4. The molecule has 3 N–H and O–H groups in total. The standard InChI is InChI=1S/C14H18N4/c1-10-3-4-12(7-11(10)2)13-8-17-14(18-9-13)16-6-5-15/h3-4,7-9H,5-6,15H2,1-2H3,(H,16,17,18). The summed E-state index contributed by atoms with van der Waals surface area (Å²) in [7, 11) is 0. The van der Waals surface area contributed by atoms with Crippen molar-refractivity contribution in [2.24, 2.45) is 5.73 Å². The molecule has 0 unspecified atom stereocenters. The van der Waals surface area contributed by atoms with Gasteiger partial charge in [-0.2, -0.15) is 0 Å². The maximum Gasteiger partial charge on any atom is 0.222 e. The Labute approximate surface area is 107 Å². The molecule has 0 atom stereocenters. The van der Waals surface area contributed by atoms with Crippen LogP contribution in [-0.4, -0.2) is 23.1 Å². The summed E-state index contributed by atoms with van der Waals surface area (Å²) in [6.07, 6.45) is 3.66. The van der Waals surface area contributed by atoms with Crippen LogP contribution in [0.2, 0.25) is 0 Å². The number of benzene rings is 1. The van der Waals surface area contributed by atoms with Crippen LogP contribution < -0.4 is 11.1 Å². The van der Waals surface area contributed by atoms with Gasteiger partial charge in [0.15, 0.2) is 0 Å². The van der Waals surface area contributed by atoms with Gasteiger partial charge in [0.25, 0.3) is 0 Å². The fourth-order valence-electron chi connectivity index (χ4n) is 1.67. The van der Waals surface area contributed by atoms with E-state index in [9.17, 15) is 0 Å². The van der Waals surface area contributed by atoms with E-state index in [2.05, 4.69) is 47.3 Å². The first kappa shape index (κ1) is 12.5. The maximum atomic E-state index is 5.41. The van der Waals surface area contributed by atoms with E-state index in [0.717, 1.165) is 11.1 Å². The number of anilines is 1. The van der Waals surface area contributed by atoms with Crippen molar-refractivity contribution in [1.82, 2.24) is 9.97 Å². The third kappa shape index (κ3) is 2.84. The number of nitrogens with two attached hydrogens (primary N) is 1. The predicted molar refractivity (Wildman–Crippen MR) is 74.5 cm³/mol. The summed E-state index contributed by atoms with van der Waals surface area (Å²) in [6, 6.07) is 6.36. The summed E-state index contributed by atoms with van der Waals surface area (Å²) >= 11 is 0. The fraction of sp³-hybridized carbons (Fsp3) is 0.286. The first-order valence-electron chi connectivity index (χ1n) is 6.04. The molecule has 4 nitrogen and oxygen atoms in total. The molecule has 0 saturated carbocycles. The second-order valence-electron chi connectivity index (χ2n) is 4.31. The van der Waals surface area contributed by atoms with E-state index >= 15 is 0 Å². The summed E-state index contributed by atoms with van der Waals surface area (Å²) in [5.74, 6) is 0.619. The van der Waals surface area contributed by atoms with E-state index in [4.69, 9.17) is 5.73 Å². The van der Waals surface area contributed by atoms with E-state index in [-0.39, 0.29) is 0 Å². The highest BCUT2D eigenvalue weighted by Gasteiger charge is 2.01. The Kier molecular flexibility index (Phi) is 3.89. The highest BCUT2D eigenvalue weighted by atomic mass is 15.1. The number of hydrogen-bond acceptors (Lipinski definition) is 4. The minimum atomic E-state index is 0.572. The number of nitrogens with one attached hydrogen (secondary N) is 1. The van der Waals surface area contributed by atoms with Gasteiger partial charge in [-0.1, -0.05) is 18.2 Å². The van der Waals surface area contributed by atoms with Gasteiger partial charge in [-0.3, -0.25) is 0 Å². The Balaban J connectivity index is 2.20. The first-order chi connectivity index (χ1) is 8.70. The van der Waals surface area contributed by atoms with Crippen LogP contribution in [0.15, 0.2) is 30.6 Å². The molecule has 0 saturated heterocycles. The molecule has 4 heteroatoms. The normalized spacial score (nSPS) is 10.4. The van der Waals surface area contributed by atoms with Crippen molar-refractivity contribution in [3.05, 3.63) is 41.7 Å². The van der Waals surface area contributed by atoms with E-state index in [1.165, 1.54) is 11.1 Å². The third-order valence-electron chi connectivity index (χ3n) is 2.92. The SMILES string of the molecule is Cc1ccc(-c2cnc(NCCN)nc2)cc1C. The van der Waals surface area contributed by atoms with Crippen molar-refractivity contribution in [2.45, 2.75) is 13.8 Å². The van der Waals surface area contributed by atoms with Crippen molar-refractivity contribution < 1.29 is 0 Å². The number of nitrogens with zero attached hydrogens (tertiary/aromatic N) is 2. The second-order valence-corrected chi connectivity index (χ2v) is 4.31. The number of hydrogen-bond donors (Lipinski definition) is 2. The van der Waals surface area contributed by atoms with E-state index < -0.39 is 0 Å². The summed E-state index contributed by atoms with van der Waals surface area (Å²) in [5, 5.41) is 3.05. The second kappa shape index (κ2) is 5.60. The Morgan fingerprint density at radius 2 is 1.78 bits per heavy atom. The third-order valence-corrected chi connectivity index (χ3v) is 2.92. The van der Waals surface area contributed by atoms with Crippen molar-refractivity contribution in [2.75, 3.05) is 18.4 Å². The zero-order chi connectivity index (χ0) is 13.0. The lowest BCUT2D eigenvalue weighted by atomic mass is 10.0. The van der Waals surface area contributed by atoms with E-state index in [1.54, 1.807) is 0 Å². The molecule has 94 valence electrons. The van der Waals surface area contributed by atoms with Crippen LogP contribution in [0.3, 0.4) is 0 Å². The molecule has 0 radical (unpaired) electrons. The monoisotopic (exact) mass is 242 g/mol. The minimum absolute atomic E-state index is 0.572. The van der Waals surface area contributed by atoms with Gasteiger partial charge in [0.2, 0.25) is 5.95 Å². The van der Waals surface area contributed by atoms with Crippen LogP contribution in [-0.2, 0) is 0 Å². The van der Waals surface area contributed by atoms with E-state index in [0.29, 0.717) is 19.0 Å². The highest BCUT2D eigenvalue weighted by molar-refractivity contribution is 5.63. The van der Waals surface area contributed by atoms with Gasteiger partial charge < -0.3 is 11.1 Å². The van der Waals surface area contributed by atoms with Crippen LogP contribution in [0.1, 0.15) is 11.1 Å². The average molecular weight is 242 g/mol. The molecule has 0 fully saturated rings. The molecule has 2 rings (SSSR count). The molecule has 1 aromatic carbocycles. The zero-order valence-electron chi connectivity index (χ0n) is 10.8. The van der Waals surface area contributed by atoms with E-state index in [1.807, 2.05) is 12.4 Å². The Morgan fingerprint density at radius 3 is 2.39 bits per heavy atom. The molecule has 0 aliphatic carbocycles. The lowest BCUT2D eigenvalue weighted by Gasteiger charge is -2.06. The first-order valence-corrected chi connectivity index (χ1v) is 6.04. The summed E-state index contributed by atoms with van der Waals surface area (Å²) in [5.41, 5.74) is 10.1. The summed E-state index contributed by atoms with van der Waals surface area (Å²) in [4.78, 5) is 8.53. The molecule has 0 amide bonds. The Morgan fingerprint density at radius 1 is 1.06 bits per heavy atom. The van der Waals surface area contributed by atoms with Crippen LogP contribution in [0, 0.1) is 13.8 Å². The zero-order valence-corrected chi connectivity index (χ0v) is 10.8. The Bertz CT molecular complexity index is 520. The molecule has 2 aromatic rings. The largest absolute Gasteiger partial charge is 0.353 e. The molecule has 0 spiro atoms. The topological polar surface area (TPSA) is 63.8 Å². The summed E-state index contributed by atoms with van der Waals surface area (Å²) < 4.78 is 0. The van der Waals surface area contributed by atoms with Gasteiger partial charge in [-0.15, -0.1) is 0 Å². The minimum Gasteiger partial charge on any atom is -0.353 e. The van der Waals surface area contributed by atoms with Gasteiger partial charge in [-0.05, 0) is 30.5 Å². The van der Waals surface area contributed by atoms with Gasteiger partial charge >= 0.3 is 0 Å². The van der Waals surface area contributed by atoms with Crippen molar-refractivity contribution in [3.63, 3.8) is 0 Å². The lowest BCUT2D eigenvalue weighted by Crippen LogP contribution is -2.14. The van der Waals surface area contributed by atoms with Gasteiger partial charge in [0.1, 0.15) is 0 Å². The predicted octanol–water partition coefficient (Wildman–Crippen LogP) is 2.13. The molecule has 1 aromatic heterocycles. The molecule has 0 aliphatic rings. The van der Waals surface area contributed by atoms with Crippen molar-refractivity contribution >= 4 is 5.95 Å². The summed E-state index contributed by atoms with van der Waals surface area (Å²) in [6.45, 7) is 5.47. The van der Waals surface area contributed by atoms with Gasteiger partial charge in [-0.25, -0.2) is 9.97 Å². The Hall–Kier alpha value is -1.94. The number of aryl methyl sites for hydroxylation is 2. The molecule has 0 bridgehead atoms. The smallest absolute Gasteiger partial charge is 0.222 e. The molecule has 18 heavy (non-hydrogen) atoms. The number of aromatic nitrogens is 2. The molecule has 0 aliphatic heterocycles. The molecular formula is C14H18N4. The van der Waals surface area contributed by atoms with Crippen molar-refractivity contribution in [3.8, 4) is 11.1 Å². The van der Waals surface area contributed by atoms with Gasteiger partial charge in [0, 0.05) is 31.0 Å². The maximum absolute atomic E-state index is 5.41. The van der Waals surface area contributed by atoms with Crippen LogP contribution in [0.25, 0.3) is 11.1 Å².